The Labute approximate surface area is 144 Å². The minimum absolute atomic E-state index is 0.0189. The first-order valence-corrected chi connectivity index (χ1v) is 9.15. The van der Waals surface area contributed by atoms with E-state index in [1.807, 2.05) is 13.0 Å². The highest BCUT2D eigenvalue weighted by molar-refractivity contribution is 5.90. The lowest BCUT2D eigenvalue weighted by Crippen LogP contribution is -2.57. The van der Waals surface area contributed by atoms with E-state index in [0.29, 0.717) is 12.5 Å². The standard InChI is InChI=1S/C20H30O4/c1-13-4-7-16-19(2,10-8-17(22)20(16,3)12-21)15(13)6-5-14-9-11-24-18(14)23/h9,15-17,21-22H,1,4-8,10-12H2,2-3H3/t15-,16-,17+,19-,20-/m0/s1. The monoisotopic (exact) mass is 334 g/mol. The summed E-state index contributed by atoms with van der Waals surface area (Å²) in [5.74, 6) is 0.417. The van der Waals surface area contributed by atoms with Crippen LogP contribution in [0.2, 0.25) is 0 Å². The molecule has 0 amide bonds. The summed E-state index contributed by atoms with van der Waals surface area (Å²) >= 11 is 0. The van der Waals surface area contributed by atoms with Crippen LogP contribution in [0.25, 0.3) is 0 Å². The van der Waals surface area contributed by atoms with Crippen molar-refractivity contribution < 1.29 is 19.7 Å². The molecule has 4 heteroatoms. The summed E-state index contributed by atoms with van der Waals surface area (Å²) in [5.41, 5.74) is 1.62. The third-order valence-corrected chi connectivity index (χ3v) is 7.20. The van der Waals surface area contributed by atoms with Crippen LogP contribution < -0.4 is 0 Å². The molecule has 0 radical (unpaired) electrons. The number of carbonyl (C=O) groups excluding carboxylic acids is 1. The van der Waals surface area contributed by atoms with Crippen molar-refractivity contribution in [1.29, 1.82) is 0 Å². The number of aliphatic hydroxyl groups is 2. The molecule has 2 saturated carbocycles. The van der Waals surface area contributed by atoms with Gasteiger partial charge in [0.05, 0.1) is 12.7 Å². The van der Waals surface area contributed by atoms with Crippen LogP contribution in [0.4, 0.5) is 0 Å². The van der Waals surface area contributed by atoms with E-state index >= 15 is 0 Å². The van der Waals surface area contributed by atoms with Gasteiger partial charge in [-0.15, -0.1) is 0 Å². The Morgan fingerprint density at radius 3 is 2.75 bits per heavy atom. The van der Waals surface area contributed by atoms with Crippen molar-refractivity contribution in [3.8, 4) is 0 Å². The highest BCUT2D eigenvalue weighted by Crippen LogP contribution is 2.61. The molecule has 1 aliphatic heterocycles. The zero-order valence-corrected chi connectivity index (χ0v) is 14.9. The zero-order valence-electron chi connectivity index (χ0n) is 14.9. The van der Waals surface area contributed by atoms with E-state index in [1.54, 1.807) is 0 Å². The van der Waals surface area contributed by atoms with Crippen LogP contribution in [0.15, 0.2) is 23.8 Å². The SMILES string of the molecule is C=C1CC[C@@H]2[C@](C)(CO)[C@H](O)CC[C@@]2(C)[C@H]1CCC1=CCOC1=O. The van der Waals surface area contributed by atoms with Crippen LogP contribution in [-0.2, 0) is 9.53 Å². The number of hydrogen-bond donors (Lipinski definition) is 2. The largest absolute Gasteiger partial charge is 0.458 e. The predicted octanol–water partition coefficient (Wildman–Crippen LogP) is 2.99. The highest BCUT2D eigenvalue weighted by Gasteiger charge is 2.57. The van der Waals surface area contributed by atoms with Crippen LogP contribution in [0.5, 0.6) is 0 Å². The molecule has 3 rings (SSSR count). The van der Waals surface area contributed by atoms with Gasteiger partial charge in [0.25, 0.3) is 0 Å². The van der Waals surface area contributed by atoms with Gasteiger partial charge in [-0.1, -0.05) is 26.0 Å². The number of cyclic esters (lactones) is 1. The van der Waals surface area contributed by atoms with E-state index in [9.17, 15) is 15.0 Å². The molecule has 5 atom stereocenters. The maximum absolute atomic E-state index is 11.7. The Bertz CT molecular complexity index is 566. The van der Waals surface area contributed by atoms with Gasteiger partial charge in [-0.2, -0.15) is 0 Å². The summed E-state index contributed by atoms with van der Waals surface area (Å²) in [5, 5.41) is 20.5. The van der Waals surface area contributed by atoms with Gasteiger partial charge in [0.1, 0.15) is 6.61 Å². The first-order chi connectivity index (χ1) is 11.3. The molecule has 0 aromatic rings. The van der Waals surface area contributed by atoms with Gasteiger partial charge in [0.2, 0.25) is 0 Å². The molecular formula is C20H30O4. The van der Waals surface area contributed by atoms with Gasteiger partial charge in [-0.3, -0.25) is 0 Å². The van der Waals surface area contributed by atoms with Crippen molar-refractivity contribution in [3.05, 3.63) is 23.8 Å². The summed E-state index contributed by atoms with van der Waals surface area (Å²) in [6.07, 6.45) is 6.64. The van der Waals surface area contributed by atoms with E-state index in [0.717, 1.165) is 44.1 Å². The number of carbonyl (C=O) groups is 1. The maximum Gasteiger partial charge on any atom is 0.334 e. The summed E-state index contributed by atoms with van der Waals surface area (Å²) in [7, 11) is 0. The normalized spacial score (nSPS) is 42.5. The molecule has 0 spiro atoms. The molecule has 3 aliphatic rings. The molecular weight excluding hydrogens is 304 g/mol. The quantitative estimate of drug-likeness (QED) is 0.613. The lowest BCUT2D eigenvalue weighted by Gasteiger charge is -2.60. The average Bonchev–Trinajstić information content (AvgIpc) is 2.96. The highest BCUT2D eigenvalue weighted by atomic mass is 16.5. The van der Waals surface area contributed by atoms with Gasteiger partial charge >= 0.3 is 5.97 Å². The Kier molecular flexibility index (Phi) is 4.65. The second kappa shape index (κ2) is 6.30. The molecule has 0 bridgehead atoms. The van der Waals surface area contributed by atoms with Crippen molar-refractivity contribution in [3.63, 3.8) is 0 Å². The first-order valence-electron chi connectivity index (χ1n) is 9.15. The number of ether oxygens (including phenoxy) is 1. The van der Waals surface area contributed by atoms with E-state index in [-0.39, 0.29) is 23.9 Å². The fourth-order valence-corrected chi connectivity index (χ4v) is 5.63. The average molecular weight is 334 g/mol. The summed E-state index contributed by atoms with van der Waals surface area (Å²) in [6.45, 7) is 9.07. The van der Waals surface area contributed by atoms with Crippen molar-refractivity contribution >= 4 is 5.97 Å². The summed E-state index contributed by atoms with van der Waals surface area (Å²) < 4.78 is 5.01. The van der Waals surface area contributed by atoms with Gasteiger partial charge in [0.15, 0.2) is 0 Å². The van der Waals surface area contributed by atoms with Crippen molar-refractivity contribution in [1.82, 2.24) is 0 Å². The van der Waals surface area contributed by atoms with E-state index in [2.05, 4.69) is 13.5 Å². The number of rotatable bonds is 4. The number of hydrogen-bond acceptors (Lipinski definition) is 4. The molecule has 4 nitrogen and oxygen atoms in total. The minimum atomic E-state index is -0.447. The zero-order chi connectivity index (χ0) is 17.5. The van der Waals surface area contributed by atoms with Crippen LogP contribution in [0, 0.1) is 22.7 Å². The van der Waals surface area contributed by atoms with Gasteiger partial charge < -0.3 is 14.9 Å². The fourth-order valence-electron chi connectivity index (χ4n) is 5.63. The van der Waals surface area contributed by atoms with E-state index < -0.39 is 11.5 Å². The Morgan fingerprint density at radius 1 is 1.38 bits per heavy atom. The molecule has 2 aliphatic carbocycles. The van der Waals surface area contributed by atoms with Crippen molar-refractivity contribution in [2.45, 2.75) is 58.5 Å². The third-order valence-electron chi connectivity index (χ3n) is 7.20. The molecule has 2 N–H and O–H groups in total. The van der Waals surface area contributed by atoms with Crippen LogP contribution in [0.1, 0.15) is 52.4 Å². The van der Waals surface area contributed by atoms with Gasteiger partial charge in [-0.25, -0.2) is 4.79 Å². The second-order valence-electron chi connectivity index (χ2n) is 8.39. The van der Waals surface area contributed by atoms with E-state index in [1.165, 1.54) is 5.57 Å². The minimum Gasteiger partial charge on any atom is -0.458 e. The lowest BCUT2D eigenvalue weighted by molar-refractivity contribution is -0.152. The van der Waals surface area contributed by atoms with E-state index in [4.69, 9.17) is 4.74 Å². The third kappa shape index (κ3) is 2.64. The maximum atomic E-state index is 11.7. The van der Waals surface area contributed by atoms with Crippen LogP contribution >= 0.6 is 0 Å². The molecule has 0 aromatic carbocycles. The number of aliphatic hydroxyl groups excluding tert-OH is 2. The van der Waals surface area contributed by atoms with Gasteiger partial charge in [0, 0.05) is 11.0 Å². The molecule has 24 heavy (non-hydrogen) atoms. The smallest absolute Gasteiger partial charge is 0.334 e. The molecule has 1 heterocycles. The Balaban J connectivity index is 1.83. The number of esters is 1. The second-order valence-corrected chi connectivity index (χ2v) is 8.39. The topological polar surface area (TPSA) is 66.8 Å². The van der Waals surface area contributed by atoms with Crippen molar-refractivity contribution in [2.75, 3.05) is 13.2 Å². The molecule has 0 aromatic heterocycles. The van der Waals surface area contributed by atoms with Gasteiger partial charge in [-0.05, 0) is 61.9 Å². The summed E-state index contributed by atoms with van der Waals surface area (Å²) in [6, 6.07) is 0. The number of allylic oxidation sites excluding steroid dienone is 1. The van der Waals surface area contributed by atoms with Crippen molar-refractivity contribution in [2.24, 2.45) is 22.7 Å². The summed E-state index contributed by atoms with van der Waals surface area (Å²) in [4.78, 5) is 11.7. The predicted molar refractivity (Wildman–Crippen MR) is 92.2 cm³/mol. The lowest BCUT2D eigenvalue weighted by atomic mass is 9.46. The first kappa shape index (κ1) is 17.7. The fraction of sp³-hybridized carbons (Fsp3) is 0.750. The Hall–Kier alpha value is -1.13. The number of fused-ring (bicyclic) bond motifs is 1. The molecule has 2 fully saturated rings. The molecule has 0 saturated heterocycles. The molecule has 134 valence electrons. The Morgan fingerprint density at radius 2 is 2.12 bits per heavy atom. The molecule has 0 unspecified atom stereocenters. The van der Waals surface area contributed by atoms with Crippen LogP contribution in [0.3, 0.4) is 0 Å². The van der Waals surface area contributed by atoms with Crippen LogP contribution in [-0.4, -0.2) is 35.5 Å².